The van der Waals surface area contributed by atoms with Gasteiger partial charge in [0.05, 0.1) is 13.5 Å². The lowest BCUT2D eigenvalue weighted by atomic mass is 10.0. The average molecular weight is 397 g/mol. The molecule has 1 N–H and O–H groups in total. The van der Waals surface area contributed by atoms with Crippen molar-refractivity contribution in [3.8, 4) is 5.75 Å². The van der Waals surface area contributed by atoms with Crippen LogP contribution in [0.4, 0.5) is 0 Å². The smallest absolute Gasteiger partial charge is 0.242 e. The number of carbonyl (C=O) groups excluding carboxylic acids is 2. The van der Waals surface area contributed by atoms with Crippen LogP contribution in [0.2, 0.25) is 0 Å². The summed E-state index contributed by atoms with van der Waals surface area (Å²) in [4.78, 5) is 27.7. The lowest BCUT2D eigenvalue weighted by Gasteiger charge is -2.31. The fourth-order valence-electron chi connectivity index (χ4n) is 3.10. The van der Waals surface area contributed by atoms with Gasteiger partial charge in [0.15, 0.2) is 0 Å². The Labute approximate surface area is 174 Å². The summed E-state index contributed by atoms with van der Waals surface area (Å²) in [6.45, 7) is 9.89. The Balaban J connectivity index is 2.29. The van der Waals surface area contributed by atoms with E-state index < -0.39 is 6.04 Å². The van der Waals surface area contributed by atoms with Crippen molar-refractivity contribution in [1.82, 2.24) is 10.2 Å². The van der Waals surface area contributed by atoms with Gasteiger partial charge in [-0.05, 0) is 63.4 Å². The molecule has 5 nitrogen and oxygen atoms in total. The third kappa shape index (κ3) is 6.63. The fourth-order valence-corrected chi connectivity index (χ4v) is 3.10. The minimum absolute atomic E-state index is 0.0846. The molecule has 5 heteroatoms. The summed E-state index contributed by atoms with van der Waals surface area (Å²) in [6, 6.07) is 14.8. The highest BCUT2D eigenvalue weighted by Crippen LogP contribution is 2.18. The molecule has 0 radical (unpaired) electrons. The van der Waals surface area contributed by atoms with Gasteiger partial charge in [-0.3, -0.25) is 9.59 Å². The fraction of sp³-hybridized carbons (Fsp3) is 0.417. The standard InChI is InChI=1S/C24H32N2O3/c1-17-10-7-8-12-20(17)15-22(27)26(18(2)23(28)25-24(3,4)5)16-19-11-9-13-21(14-19)29-6/h7-14,18H,15-16H2,1-6H3,(H,25,28). The largest absolute Gasteiger partial charge is 0.497 e. The molecule has 0 aliphatic rings. The Hall–Kier alpha value is -2.82. The maximum Gasteiger partial charge on any atom is 0.242 e. The second-order valence-electron chi connectivity index (χ2n) is 8.39. The summed E-state index contributed by atoms with van der Waals surface area (Å²) in [7, 11) is 1.61. The van der Waals surface area contributed by atoms with Gasteiger partial charge in [-0.1, -0.05) is 36.4 Å². The van der Waals surface area contributed by atoms with Crippen molar-refractivity contribution in [3.63, 3.8) is 0 Å². The number of rotatable bonds is 7. The van der Waals surface area contributed by atoms with Crippen LogP contribution in [0.15, 0.2) is 48.5 Å². The summed E-state index contributed by atoms with van der Waals surface area (Å²) < 4.78 is 5.30. The van der Waals surface area contributed by atoms with Crippen molar-refractivity contribution in [2.75, 3.05) is 7.11 Å². The van der Waals surface area contributed by atoms with Crippen LogP contribution < -0.4 is 10.1 Å². The maximum absolute atomic E-state index is 13.2. The summed E-state index contributed by atoms with van der Waals surface area (Å²) in [5.74, 6) is 0.470. The SMILES string of the molecule is COc1cccc(CN(C(=O)Cc2ccccc2C)C(C)C(=O)NC(C)(C)C)c1. The first-order chi connectivity index (χ1) is 13.6. The zero-order valence-corrected chi connectivity index (χ0v) is 18.3. The number of methoxy groups -OCH3 is 1. The number of hydrogen-bond donors (Lipinski definition) is 1. The Kier molecular flexibility index (Phi) is 7.43. The van der Waals surface area contributed by atoms with Crippen LogP contribution in [-0.4, -0.2) is 35.4 Å². The zero-order valence-electron chi connectivity index (χ0n) is 18.3. The minimum Gasteiger partial charge on any atom is -0.497 e. The van der Waals surface area contributed by atoms with Gasteiger partial charge in [0, 0.05) is 12.1 Å². The molecule has 0 saturated carbocycles. The van der Waals surface area contributed by atoms with E-state index in [4.69, 9.17) is 4.74 Å². The van der Waals surface area contributed by atoms with Gasteiger partial charge < -0.3 is 15.0 Å². The second-order valence-corrected chi connectivity index (χ2v) is 8.39. The molecule has 29 heavy (non-hydrogen) atoms. The van der Waals surface area contributed by atoms with Gasteiger partial charge in [-0.25, -0.2) is 0 Å². The predicted molar refractivity (Wildman–Crippen MR) is 116 cm³/mol. The van der Waals surface area contributed by atoms with Gasteiger partial charge in [0.1, 0.15) is 11.8 Å². The van der Waals surface area contributed by atoms with E-state index in [0.717, 1.165) is 22.4 Å². The Bertz CT molecular complexity index is 855. The summed E-state index contributed by atoms with van der Waals surface area (Å²) in [6.07, 6.45) is 0.254. The number of benzene rings is 2. The van der Waals surface area contributed by atoms with Crippen LogP contribution in [0.25, 0.3) is 0 Å². The van der Waals surface area contributed by atoms with Gasteiger partial charge >= 0.3 is 0 Å². The molecule has 0 spiro atoms. The van der Waals surface area contributed by atoms with Crippen molar-refractivity contribution in [3.05, 3.63) is 65.2 Å². The molecule has 156 valence electrons. The predicted octanol–water partition coefficient (Wildman–Crippen LogP) is 3.88. The van der Waals surface area contributed by atoms with E-state index in [0.29, 0.717) is 6.54 Å². The summed E-state index contributed by atoms with van der Waals surface area (Å²) in [5.41, 5.74) is 2.58. The highest BCUT2D eigenvalue weighted by molar-refractivity contribution is 5.88. The molecule has 0 bridgehead atoms. The highest BCUT2D eigenvalue weighted by atomic mass is 16.5. The van der Waals surface area contributed by atoms with Crippen molar-refractivity contribution >= 4 is 11.8 Å². The molecule has 2 amide bonds. The zero-order chi connectivity index (χ0) is 21.6. The van der Waals surface area contributed by atoms with E-state index >= 15 is 0 Å². The molecule has 0 fully saturated rings. The van der Waals surface area contributed by atoms with Crippen molar-refractivity contribution in [2.24, 2.45) is 0 Å². The van der Waals surface area contributed by atoms with Crippen LogP contribution in [0.1, 0.15) is 44.4 Å². The number of amides is 2. The Morgan fingerprint density at radius 3 is 2.41 bits per heavy atom. The van der Waals surface area contributed by atoms with E-state index in [9.17, 15) is 9.59 Å². The quantitative estimate of drug-likeness (QED) is 0.773. The van der Waals surface area contributed by atoms with Gasteiger partial charge in [0.2, 0.25) is 11.8 Å². The van der Waals surface area contributed by atoms with Crippen molar-refractivity contribution in [2.45, 2.75) is 59.2 Å². The van der Waals surface area contributed by atoms with Crippen LogP contribution in [0, 0.1) is 6.92 Å². The Morgan fingerprint density at radius 2 is 1.79 bits per heavy atom. The highest BCUT2D eigenvalue weighted by Gasteiger charge is 2.28. The Morgan fingerprint density at radius 1 is 1.10 bits per heavy atom. The van der Waals surface area contributed by atoms with Crippen LogP contribution in [0.5, 0.6) is 5.75 Å². The molecule has 0 aliphatic heterocycles. The lowest BCUT2D eigenvalue weighted by molar-refractivity contribution is -0.140. The molecular formula is C24H32N2O3. The molecular weight excluding hydrogens is 364 g/mol. The summed E-state index contributed by atoms with van der Waals surface area (Å²) in [5, 5.41) is 2.98. The number of nitrogens with one attached hydrogen (secondary N) is 1. The number of hydrogen-bond acceptors (Lipinski definition) is 3. The lowest BCUT2D eigenvalue weighted by Crippen LogP contribution is -2.52. The minimum atomic E-state index is -0.600. The monoisotopic (exact) mass is 396 g/mol. The van der Waals surface area contributed by atoms with Gasteiger partial charge in [-0.15, -0.1) is 0 Å². The molecule has 0 aliphatic carbocycles. The normalized spacial score (nSPS) is 12.2. The van der Waals surface area contributed by atoms with Crippen LogP contribution in [-0.2, 0) is 22.6 Å². The molecule has 0 aromatic heterocycles. The third-order valence-electron chi connectivity index (χ3n) is 4.76. The van der Waals surface area contributed by atoms with Crippen LogP contribution in [0.3, 0.4) is 0 Å². The van der Waals surface area contributed by atoms with E-state index in [1.165, 1.54) is 0 Å². The average Bonchev–Trinajstić information content (AvgIpc) is 2.66. The molecule has 1 atom stereocenters. The van der Waals surface area contributed by atoms with E-state index in [2.05, 4.69) is 5.32 Å². The number of carbonyl (C=O) groups is 2. The van der Waals surface area contributed by atoms with Gasteiger partial charge in [-0.2, -0.15) is 0 Å². The van der Waals surface area contributed by atoms with E-state index in [1.807, 2.05) is 76.2 Å². The topological polar surface area (TPSA) is 58.6 Å². The molecule has 0 heterocycles. The number of nitrogens with zero attached hydrogens (tertiary/aromatic N) is 1. The molecule has 1 unspecified atom stereocenters. The van der Waals surface area contributed by atoms with Crippen molar-refractivity contribution < 1.29 is 14.3 Å². The number of ether oxygens (including phenoxy) is 1. The molecule has 2 aromatic carbocycles. The molecule has 2 aromatic rings. The first-order valence-electron chi connectivity index (χ1n) is 9.89. The molecule has 2 rings (SSSR count). The first-order valence-corrected chi connectivity index (χ1v) is 9.89. The summed E-state index contributed by atoms with van der Waals surface area (Å²) >= 11 is 0. The van der Waals surface area contributed by atoms with Crippen LogP contribution >= 0.6 is 0 Å². The van der Waals surface area contributed by atoms with Crippen molar-refractivity contribution in [1.29, 1.82) is 0 Å². The molecule has 0 saturated heterocycles. The first kappa shape index (κ1) is 22.5. The maximum atomic E-state index is 13.2. The second kappa shape index (κ2) is 9.59. The van der Waals surface area contributed by atoms with Gasteiger partial charge in [0.25, 0.3) is 0 Å². The van der Waals surface area contributed by atoms with E-state index in [1.54, 1.807) is 18.9 Å². The number of aryl methyl sites for hydroxylation is 1. The third-order valence-corrected chi connectivity index (χ3v) is 4.76. The van der Waals surface area contributed by atoms with E-state index in [-0.39, 0.29) is 23.8 Å².